The van der Waals surface area contributed by atoms with Gasteiger partial charge in [-0.05, 0) is 74.5 Å². The van der Waals surface area contributed by atoms with Gasteiger partial charge < -0.3 is 10.2 Å². The zero-order valence-corrected chi connectivity index (χ0v) is 20.6. The van der Waals surface area contributed by atoms with Crippen LogP contribution >= 0.6 is 0 Å². The number of nitrogens with one attached hydrogen (secondary N) is 2. The van der Waals surface area contributed by atoms with Gasteiger partial charge in [0.25, 0.3) is 5.56 Å². The highest BCUT2D eigenvalue weighted by molar-refractivity contribution is 5.97. The van der Waals surface area contributed by atoms with E-state index >= 15 is 4.39 Å². The third kappa shape index (κ3) is 4.33. The molecule has 0 bridgehead atoms. The fourth-order valence-corrected chi connectivity index (χ4v) is 6.67. The standard InChI is InChI=1S/C28H27F4N5O/c29-17-12-20-23-22(13-17)34-25(16-5-9-37(10-6-16)18-3-7-28(31,32)8-4-18)24(26(23)35-36-27(20)38)19-2-1-15(14-33)11-21(19)30/h1-2,11-13,16,18,24-25,34H,3-10H2,(H,36,38)/t24-,25-/m0/s1. The summed E-state index contributed by atoms with van der Waals surface area (Å²) in [5, 5.41) is 20.1. The zero-order valence-electron chi connectivity index (χ0n) is 20.6. The fourth-order valence-electron chi connectivity index (χ4n) is 6.67. The number of hydrogen-bond acceptors (Lipinski definition) is 5. The van der Waals surface area contributed by atoms with Gasteiger partial charge in [-0.2, -0.15) is 10.4 Å². The van der Waals surface area contributed by atoms with Gasteiger partial charge in [0, 0.05) is 36.0 Å². The van der Waals surface area contributed by atoms with Crippen LogP contribution in [-0.4, -0.2) is 46.2 Å². The normalized spacial score (nSPS) is 24.2. The molecule has 2 aliphatic heterocycles. The predicted octanol–water partition coefficient (Wildman–Crippen LogP) is 5.29. The third-order valence-corrected chi connectivity index (χ3v) is 8.61. The Morgan fingerprint density at radius 1 is 1.05 bits per heavy atom. The molecule has 1 aliphatic carbocycles. The lowest BCUT2D eigenvalue weighted by molar-refractivity contribution is -0.0570. The number of rotatable bonds is 3. The van der Waals surface area contributed by atoms with E-state index in [2.05, 4.69) is 20.4 Å². The van der Waals surface area contributed by atoms with Crippen molar-refractivity contribution in [3.05, 3.63) is 69.1 Å². The van der Waals surface area contributed by atoms with Crippen molar-refractivity contribution in [1.29, 1.82) is 5.26 Å². The van der Waals surface area contributed by atoms with E-state index in [1.807, 2.05) is 6.07 Å². The zero-order chi connectivity index (χ0) is 26.6. The largest absolute Gasteiger partial charge is 0.380 e. The summed E-state index contributed by atoms with van der Waals surface area (Å²) in [7, 11) is 0. The number of halogens is 4. The van der Waals surface area contributed by atoms with E-state index in [1.165, 1.54) is 12.1 Å². The first-order chi connectivity index (χ1) is 18.2. The van der Waals surface area contributed by atoms with Crippen LogP contribution in [-0.2, 0) is 0 Å². The number of nitrogens with zero attached hydrogens (tertiary/aromatic N) is 3. The van der Waals surface area contributed by atoms with E-state index in [9.17, 15) is 23.2 Å². The molecule has 6 rings (SSSR count). The van der Waals surface area contributed by atoms with Gasteiger partial charge in [0.05, 0.1) is 28.6 Å². The molecule has 3 heterocycles. The van der Waals surface area contributed by atoms with E-state index in [-0.39, 0.29) is 41.8 Å². The molecule has 6 nitrogen and oxygen atoms in total. The summed E-state index contributed by atoms with van der Waals surface area (Å²) in [5.41, 5.74) is 0.907. The summed E-state index contributed by atoms with van der Waals surface area (Å²) in [5.74, 6) is -4.22. The molecule has 2 N–H and O–H groups in total. The Kier molecular flexibility index (Phi) is 6.14. The van der Waals surface area contributed by atoms with Crippen molar-refractivity contribution >= 4 is 16.5 Å². The van der Waals surface area contributed by atoms with Gasteiger partial charge in [-0.25, -0.2) is 22.7 Å². The van der Waals surface area contributed by atoms with Gasteiger partial charge in [-0.15, -0.1) is 0 Å². The van der Waals surface area contributed by atoms with E-state index in [0.717, 1.165) is 32.0 Å². The molecule has 10 heteroatoms. The number of alkyl halides is 2. The number of anilines is 1. The smallest absolute Gasteiger partial charge is 0.272 e. The number of aromatic nitrogens is 2. The van der Waals surface area contributed by atoms with Crippen molar-refractivity contribution in [2.24, 2.45) is 5.92 Å². The maximum absolute atomic E-state index is 15.4. The number of piperidine rings is 1. The minimum Gasteiger partial charge on any atom is -0.380 e. The van der Waals surface area contributed by atoms with Crippen LogP contribution < -0.4 is 10.9 Å². The monoisotopic (exact) mass is 525 g/mol. The van der Waals surface area contributed by atoms with Crippen molar-refractivity contribution in [3.8, 4) is 6.07 Å². The average Bonchev–Trinajstić information content (AvgIpc) is 2.90. The molecule has 1 aromatic heterocycles. The summed E-state index contributed by atoms with van der Waals surface area (Å²) in [6, 6.07) is 8.55. The third-order valence-electron chi connectivity index (χ3n) is 8.61. The summed E-state index contributed by atoms with van der Waals surface area (Å²) in [6.07, 6.45) is 2.27. The average molecular weight is 526 g/mol. The van der Waals surface area contributed by atoms with Crippen LogP contribution in [0.5, 0.6) is 0 Å². The topological polar surface area (TPSA) is 84.8 Å². The molecular weight excluding hydrogens is 498 g/mol. The highest BCUT2D eigenvalue weighted by Crippen LogP contribution is 2.45. The lowest BCUT2D eigenvalue weighted by Gasteiger charge is -2.45. The van der Waals surface area contributed by atoms with Crippen LogP contribution in [0.2, 0.25) is 0 Å². The predicted molar refractivity (Wildman–Crippen MR) is 134 cm³/mol. The van der Waals surface area contributed by atoms with Crippen LogP contribution in [0.3, 0.4) is 0 Å². The number of nitriles is 1. The Balaban J connectivity index is 1.35. The van der Waals surface area contributed by atoms with Crippen LogP contribution in [0, 0.1) is 28.9 Å². The second-order valence-electron chi connectivity index (χ2n) is 10.8. The first-order valence-electron chi connectivity index (χ1n) is 13.0. The molecule has 0 spiro atoms. The van der Waals surface area contributed by atoms with Crippen LogP contribution in [0.4, 0.5) is 23.2 Å². The molecule has 2 fully saturated rings. The minimum absolute atomic E-state index is 0.0523. The van der Waals surface area contributed by atoms with E-state index in [4.69, 9.17) is 0 Å². The molecule has 0 radical (unpaired) electrons. The second kappa shape index (κ2) is 9.38. The Morgan fingerprint density at radius 3 is 2.47 bits per heavy atom. The number of hydrogen-bond donors (Lipinski definition) is 2. The SMILES string of the molecule is N#Cc1ccc([C@@H]2c3n[nH]c(=O)c4cc(F)cc(c34)N[C@H]2C2CCN(C3CCC(F)(F)CC3)CC2)c(F)c1. The van der Waals surface area contributed by atoms with Gasteiger partial charge in [0.2, 0.25) is 5.92 Å². The van der Waals surface area contributed by atoms with Crippen molar-refractivity contribution in [2.75, 3.05) is 18.4 Å². The Morgan fingerprint density at radius 2 is 1.79 bits per heavy atom. The number of likely N-dealkylation sites (tertiary alicyclic amines) is 1. The van der Waals surface area contributed by atoms with Crippen molar-refractivity contribution < 1.29 is 17.6 Å². The highest BCUT2D eigenvalue weighted by Gasteiger charge is 2.42. The Hall–Kier alpha value is -3.45. The number of aromatic amines is 1. The maximum atomic E-state index is 15.4. The Labute approximate surface area is 216 Å². The molecule has 2 atom stereocenters. The molecule has 3 aliphatic rings. The van der Waals surface area contributed by atoms with E-state index in [0.29, 0.717) is 35.2 Å². The van der Waals surface area contributed by atoms with E-state index < -0.39 is 29.0 Å². The quantitative estimate of drug-likeness (QED) is 0.454. The van der Waals surface area contributed by atoms with E-state index in [1.54, 1.807) is 12.1 Å². The minimum atomic E-state index is -2.57. The first kappa shape index (κ1) is 24.9. The van der Waals surface area contributed by atoms with Gasteiger partial charge >= 0.3 is 0 Å². The van der Waals surface area contributed by atoms with Gasteiger partial charge in [0.15, 0.2) is 0 Å². The van der Waals surface area contributed by atoms with Crippen molar-refractivity contribution in [2.45, 2.75) is 62.4 Å². The molecule has 38 heavy (non-hydrogen) atoms. The lowest BCUT2D eigenvalue weighted by Crippen LogP contribution is -2.49. The number of H-pyrrole nitrogens is 1. The summed E-state index contributed by atoms with van der Waals surface area (Å²) in [4.78, 5) is 14.8. The molecule has 3 aromatic rings. The van der Waals surface area contributed by atoms with Gasteiger partial charge in [-0.1, -0.05) is 6.07 Å². The van der Waals surface area contributed by atoms with Crippen LogP contribution in [0.25, 0.3) is 10.8 Å². The summed E-state index contributed by atoms with van der Waals surface area (Å²) in [6.45, 7) is 1.46. The Bertz CT molecular complexity index is 1480. The maximum Gasteiger partial charge on any atom is 0.272 e. The molecule has 2 aromatic carbocycles. The first-order valence-corrected chi connectivity index (χ1v) is 13.0. The number of benzene rings is 2. The lowest BCUT2D eigenvalue weighted by atomic mass is 9.74. The molecule has 1 saturated heterocycles. The van der Waals surface area contributed by atoms with Crippen LogP contribution in [0.1, 0.15) is 61.3 Å². The van der Waals surface area contributed by atoms with Gasteiger partial charge in [0.1, 0.15) is 11.6 Å². The second-order valence-corrected chi connectivity index (χ2v) is 10.8. The van der Waals surface area contributed by atoms with Crippen molar-refractivity contribution in [3.63, 3.8) is 0 Å². The summed E-state index contributed by atoms with van der Waals surface area (Å²) < 4.78 is 57.3. The highest BCUT2D eigenvalue weighted by atomic mass is 19.3. The fraction of sp³-hybridized carbons (Fsp3) is 0.464. The van der Waals surface area contributed by atoms with Crippen molar-refractivity contribution in [1.82, 2.24) is 15.1 Å². The molecular formula is C28H27F4N5O. The molecule has 198 valence electrons. The van der Waals surface area contributed by atoms with Crippen LogP contribution in [0.15, 0.2) is 35.1 Å². The molecule has 0 unspecified atom stereocenters. The van der Waals surface area contributed by atoms with Gasteiger partial charge in [-0.3, -0.25) is 4.79 Å². The molecule has 0 amide bonds. The molecule has 1 saturated carbocycles. The summed E-state index contributed by atoms with van der Waals surface area (Å²) >= 11 is 0.